The Hall–Kier alpha value is -2.02. The second-order valence-electron chi connectivity index (χ2n) is 5.72. The van der Waals surface area contributed by atoms with Gasteiger partial charge in [0, 0.05) is 10.9 Å². The maximum atomic E-state index is 11.7. The molecule has 0 heterocycles. The predicted molar refractivity (Wildman–Crippen MR) is 93.9 cm³/mol. The molecule has 0 spiro atoms. The molecule has 0 bridgehead atoms. The molecule has 0 fully saturated rings. The molecule has 0 atom stereocenters. The molecule has 0 saturated carbocycles. The number of hydrogen-bond donors (Lipinski definition) is 2. The third kappa shape index (κ3) is 8.01. The first-order valence-electron chi connectivity index (χ1n) is 7.69. The van der Waals surface area contributed by atoms with Crippen LogP contribution in [0.5, 0.6) is 0 Å². The quantitative estimate of drug-likeness (QED) is 0.548. The van der Waals surface area contributed by atoms with Crippen LogP contribution in [0.2, 0.25) is 0 Å². The number of thioether (sulfide) groups is 1. The van der Waals surface area contributed by atoms with Gasteiger partial charge in [-0.3, -0.25) is 14.4 Å². The molecule has 6 nitrogen and oxygen atoms in total. The molecule has 0 aliphatic carbocycles. The van der Waals surface area contributed by atoms with Gasteiger partial charge >= 0.3 is 5.97 Å². The fourth-order valence-electron chi connectivity index (χ4n) is 1.89. The Morgan fingerprint density at radius 1 is 1.17 bits per heavy atom. The molecule has 1 aromatic rings. The highest BCUT2D eigenvalue weighted by molar-refractivity contribution is 8.00. The van der Waals surface area contributed by atoms with Crippen molar-refractivity contribution < 1.29 is 19.1 Å². The van der Waals surface area contributed by atoms with E-state index in [0.29, 0.717) is 0 Å². The van der Waals surface area contributed by atoms with Crippen molar-refractivity contribution in [3.05, 3.63) is 29.3 Å². The van der Waals surface area contributed by atoms with Crippen molar-refractivity contribution in [2.24, 2.45) is 0 Å². The number of hydrogen-bond acceptors (Lipinski definition) is 5. The van der Waals surface area contributed by atoms with Crippen molar-refractivity contribution in [3.63, 3.8) is 0 Å². The first kappa shape index (κ1) is 20.0. The Morgan fingerprint density at radius 3 is 2.50 bits per heavy atom. The van der Waals surface area contributed by atoms with Crippen LogP contribution in [0.3, 0.4) is 0 Å². The zero-order chi connectivity index (χ0) is 18.1. The maximum absolute atomic E-state index is 11.7. The molecule has 0 aliphatic heterocycles. The standard InChI is InChI=1S/C17H24N2O4S/c1-11(2)19-15(20)8-18-16(21)9-23-17(22)10-24-14-6-5-12(3)7-13(14)4/h5-7,11H,8-10H2,1-4H3,(H,18,21)(H,19,20). The Kier molecular flexibility index (Phi) is 8.32. The number of carbonyl (C=O) groups is 3. The van der Waals surface area contributed by atoms with E-state index in [9.17, 15) is 14.4 Å². The zero-order valence-electron chi connectivity index (χ0n) is 14.5. The highest BCUT2D eigenvalue weighted by Crippen LogP contribution is 2.23. The van der Waals surface area contributed by atoms with Gasteiger partial charge in [-0.05, 0) is 39.3 Å². The van der Waals surface area contributed by atoms with E-state index in [-0.39, 0.29) is 30.9 Å². The molecule has 132 valence electrons. The lowest BCUT2D eigenvalue weighted by Gasteiger charge is -2.10. The molecule has 0 radical (unpaired) electrons. The summed E-state index contributed by atoms with van der Waals surface area (Å²) in [5.41, 5.74) is 2.26. The minimum atomic E-state index is -0.501. The number of amides is 2. The average molecular weight is 352 g/mol. The van der Waals surface area contributed by atoms with Crippen LogP contribution in [0.4, 0.5) is 0 Å². The summed E-state index contributed by atoms with van der Waals surface area (Å²) in [5, 5.41) is 5.04. The predicted octanol–water partition coefficient (Wildman–Crippen LogP) is 1.58. The summed E-state index contributed by atoms with van der Waals surface area (Å²) in [6, 6.07) is 6.00. The Balaban J connectivity index is 2.25. The zero-order valence-corrected chi connectivity index (χ0v) is 15.3. The molecule has 24 heavy (non-hydrogen) atoms. The van der Waals surface area contributed by atoms with E-state index in [1.807, 2.05) is 45.9 Å². The van der Waals surface area contributed by atoms with Crippen molar-refractivity contribution in [1.29, 1.82) is 0 Å². The monoisotopic (exact) mass is 352 g/mol. The minimum absolute atomic E-state index is 0.00878. The van der Waals surface area contributed by atoms with E-state index in [0.717, 1.165) is 16.0 Å². The fourth-order valence-corrected chi connectivity index (χ4v) is 2.70. The van der Waals surface area contributed by atoms with Crippen LogP contribution >= 0.6 is 11.8 Å². The Morgan fingerprint density at radius 2 is 1.88 bits per heavy atom. The summed E-state index contributed by atoms with van der Waals surface area (Å²) in [7, 11) is 0. The Bertz CT molecular complexity index is 602. The normalized spacial score (nSPS) is 10.4. The summed E-state index contributed by atoms with van der Waals surface area (Å²) < 4.78 is 4.90. The third-order valence-electron chi connectivity index (χ3n) is 2.94. The number of benzene rings is 1. The van der Waals surface area contributed by atoms with Crippen LogP contribution in [-0.4, -0.2) is 42.7 Å². The summed E-state index contributed by atoms with van der Waals surface area (Å²) in [5.74, 6) is -1.12. The van der Waals surface area contributed by atoms with Crippen LogP contribution in [-0.2, 0) is 19.1 Å². The summed E-state index contributed by atoms with van der Waals surface area (Å²) >= 11 is 1.37. The smallest absolute Gasteiger partial charge is 0.316 e. The van der Waals surface area contributed by atoms with Crippen molar-refractivity contribution in [3.8, 4) is 0 Å². The fraction of sp³-hybridized carbons (Fsp3) is 0.471. The molecule has 0 aliphatic rings. The van der Waals surface area contributed by atoms with Crippen molar-refractivity contribution >= 4 is 29.5 Å². The summed E-state index contributed by atoms with van der Waals surface area (Å²) in [4.78, 5) is 35.6. The van der Waals surface area contributed by atoms with Gasteiger partial charge in [-0.15, -0.1) is 11.8 Å². The third-order valence-corrected chi connectivity index (χ3v) is 4.09. The van der Waals surface area contributed by atoms with Gasteiger partial charge in [-0.2, -0.15) is 0 Å². The van der Waals surface area contributed by atoms with Crippen LogP contribution in [0, 0.1) is 13.8 Å². The summed E-state index contributed by atoms with van der Waals surface area (Å²) in [6.07, 6.45) is 0. The van der Waals surface area contributed by atoms with Crippen LogP contribution in [0.15, 0.2) is 23.1 Å². The van der Waals surface area contributed by atoms with Crippen molar-refractivity contribution in [1.82, 2.24) is 10.6 Å². The van der Waals surface area contributed by atoms with Gasteiger partial charge in [0.15, 0.2) is 6.61 Å². The molecule has 2 N–H and O–H groups in total. The van der Waals surface area contributed by atoms with Gasteiger partial charge in [-0.25, -0.2) is 0 Å². The molecule has 0 aromatic heterocycles. The lowest BCUT2D eigenvalue weighted by Crippen LogP contribution is -2.41. The molecule has 2 amide bonds. The van der Waals surface area contributed by atoms with E-state index < -0.39 is 11.9 Å². The molecule has 1 rings (SSSR count). The molecular formula is C17H24N2O4S. The number of esters is 1. The Labute approximate surface area is 146 Å². The largest absolute Gasteiger partial charge is 0.455 e. The highest BCUT2D eigenvalue weighted by atomic mass is 32.2. The number of aryl methyl sites for hydroxylation is 2. The van der Waals surface area contributed by atoms with Gasteiger partial charge in [0.1, 0.15) is 0 Å². The second kappa shape index (κ2) is 9.97. The van der Waals surface area contributed by atoms with E-state index in [4.69, 9.17) is 4.74 Å². The topological polar surface area (TPSA) is 84.5 Å². The lowest BCUT2D eigenvalue weighted by atomic mass is 10.2. The second-order valence-corrected chi connectivity index (χ2v) is 6.73. The molecule has 0 saturated heterocycles. The molecular weight excluding hydrogens is 328 g/mol. The van der Waals surface area contributed by atoms with Crippen LogP contribution in [0.1, 0.15) is 25.0 Å². The van der Waals surface area contributed by atoms with Gasteiger partial charge in [0.2, 0.25) is 5.91 Å². The van der Waals surface area contributed by atoms with E-state index in [1.54, 1.807) is 0 Å². The average Bonchev–Trinajstić information content (AvgIpc) is 2.49. The van der Waals surface area contributed by atoms with Crippen LogP contribution < -0.4 is 10.6 Å². The number of nitrogens with one attached hydrogen (secondary N) is 2. The van der Waals surface area contributed by atoms with E-state index in [1.165, 1.54) is 11.8 Å². The van der Waals surface area contributed by atoms with Crippen LogP contribution in [0.25, 0.3) is 0 Å². The number of ether oxygens (including phenoxy) is 1. The number of rotatable bonds is 8. The summed E-state index contributed by atoms with van der Waals surface area (Å²) in [6.45, 7) is 7.13. The van der Waals surface area contributed by atoms with E-state index in [2.05, 4.69) is 10.6 Å². The minimum Gasteiger partial charge on any atom is -0.455 e. The van der Waals surface area contributed by atoms with Crippen molar-refractivity contribution in [2.45, 2.75) is 38.6 Å². The number of carbonyl (C=O) groups excluding carboxylic acids is 3. The first-order chi connectivity index (χ1) is 11.3. The van der Waals surface area contributed by atoms with Gasteiger partial charge in [-0.1, -0.05) is 17.7 Å². The van der Waals surface area contributed by atoms with Gasteiger partial charge < -0.3 is 15.4 Å². The van der Waals surface area contributed by atoms with Crippen molar-refractivity contribution in [2.75, 3.05) is 18.9 Å². The molecule has 1 aromatic carbocycles. The lowest BCUT2D eigenvalue weighted by molar-refractivity contribution is -0.146. The van der Waals surface area contributed by atoms with E-state index >= 15 is 0 Å². The highest BCUT2D eigenvalue weighted by Gasteiger charge is 2.11. The maximum Gasteiger partial charge on any atom is 0.316 e. The molecule has 7 heteroatoms. The molecule has 0 unspecified atom stereocenters. The first-order valence-corrected chi connectivity index (χ1v) is 8.68. The van der Waals surface area contributed by atoms with Gasteiger partial charge in [0.25, 0.3) is 5.91 Å². The van der Waals surface area contributed by atoms with Gasteiger partial charge in [0.05, 0.1) is 12.3 Å². The SMILES string of the molecule is Cc1ccc(SCC(=O)OCC(=O)NCC(=O)NC(C)C)c(C)c1.